The zero-order valence-corrected chi connectivity index (χ0v) is 11.7. The Morgan fingerprint density at radius 2 is 1.86 bits per heavy atom. The second kappa shape index (κ2) is 4.72. The van der Waals surface area contributed by atoms with Gasteiger partial charge in [-0.25, -0.2) is 12.7 Å². The summed E-state index contributed by atoms with van der Waals surface area (Å²) < 4.78 is 25.6. The summed E-state index contributed by atoms with van der Waals surface area (Å²) in [7, 11) is -3.81. The monoisotopic (exact) mass is 298 g/mol. The van der Waals surface area contributed by atoms with Crippen molar-refractivity contribution in [2.45, 2.75) is 11.4 Å². The molecule has 0 aliphatic carbocycles. The number of nitrogens with zero attached hydrogens (tertiary/aromatic N) is 2. The number of hydrogen-bond acceptors (Lipinski definition) is 4. The molecule has 0 unspecified atom stereocenters. The fourth-order valence-electron chi connectivity index (χ4n) is 2.29. The van der Waals surface area contributed by atoms with Crippen LogP contribution >= 0.6 is 0 Å². The normalized spacial score (nSPS) is 15.6. The molecule has 0 saturated carbocycles. The highest BCUT2D eigenvalue weighted by Crippen LogP contribution is 2.31. The van der Waals surface area contributed by atoms with Gasteiger partial charge < -0.3 is 0 Å². The zero-order chi connectivity index (χ0) is 15.0. The summed E-state index contributed by atoms with van der Waals surface area (Å²) in [5.74, 6) is -0.534. The quantitative estimate of drug-likeness (QED) is 0.848. The van der Waals surface area contributed by atoms with Crippen LogP contribution in [0.5, 0.6) is 0 Å². The molecule has 0 bridgehead atoms. The van der Waals surface area contributed by atoms with Gasteiger partial charge in [0.05, 0.1) is 23.7 Å². The molecule has 1 amide bonds. The molecule has 3 rings (SSSR count). The van der Waals surface area contributed by atoms with Crippen molar-refractivity contribution in [2.75, 3.05) is 0 Å². The number of carbonyl (C=O) groups excluding carboxylic acids is 1. The highest BCUT2D eigenvalue weighted by atomic mass is 32.2. The van der Waals surface area contributed by atoms with Crippen molar-refractivity contribution in [2.24, 2.45) is 0 Å². The second-order valence-corrected chi connectivity index (χ2v) is 6.46. The molecule has 2 aromatic rings. The van der Waals surface area contributed by atoms with E-state index in [9.17, 15) is 13.2 Å². The number of rotatable bonds is 2. The Labute approximate surface area is 122 Å². The van der Waals surface area contributed by atoms with E-state index in [1.54, 1.807) is 36.4 Å². The van der Waals surface area contributed by atoms with Gasteiger partial charge in [-0.2, -0.15) is 5.26 Å². The first-order valence-electron chi connectivity index (χ1n) is 6.19. The third kappa shape index (κ3) is 2.08. The molecule has 1 heterocycles. The zero-order valence-electron chi connectivity index (χ0n) is 10.9. The molecular weight excluding hydrogens is 288 g/mol. The fourth-order valence-corrected chi connectivity index (χ4v) is 3.85. The van der Waals surface area contributed by atoms with Gasteiger partial charge in [0.15, 0.2) is 0 Å². The average molecular weight is 298 g/mol. The molecular formula is C15H10N2O3S. The van der Waals surface area contributed by atoms with Gasteiger partial charge in [-0.05, 0) is 29.8 Å². The van der Waals surface area contributed by atoms with Crippen LogP contribution in [0.2, 0.25) is 0 Å². The van der Waals surface area contributed by atoms with Gasteiger partial charge in [0.1, 0.15) is 4.90 Å². The molecule has 0 saturated heterocycles. The lowest BCUT2D eigenvalue weighted by molar-refractivity contribution is 0.0865. The SMILES string of the molecule is N#Cc1cccc(CN2C(=O)c3ccccc3S2(=O)=O)c1. The highest BCUT2D eigenvalue weighted by molar-refractivity contribution is 7.90. The number of nitriles is 1. The standard InChI is InChI=1S/C15H10N2O3S/c16-9-11-4-3-5-12(8-11)10-17-15(18)13-6-1-2-7-14(13)21(17,19)20/h1-8H,10H2. The topological polar surface area (TPSA) is 78.2 Å². The van der Waals surface area contributed by atoms with Gasteiger partial charge in [-0.3, -0.25) is 4.79 Å². The van der Waals surface area contributed by atoms with Crippen LogP contribution < -0.4 is 0 Å². The van der Waals surface area contributed by atoms with Gasteiger partial charge >= 0.3 is 0 Å². The molecule has 2 aromatic carbocycles. The van der Waals surface area contributed by atoms with Crippen molar-refractivity contribution >= 4 is 15.9 Å². The summed E-state index contributed by atoms with van der Waals surface area (Å²) in [5.41, 5.74) is 1.21. The third-order valence-electron chi connectivity index (χ3n) is 3.29. The van der Waals surface area contributed by atoms with Crippen LogP contribution in [-0.4, -0.2) is 18.6 Å². The first-order valence-corrected chi connectivity index (χ1v) is 7.63. The van der Waals surface area contributed by atoms with Gasteiger partial charge in [0, 0.05) is 0 Å². The molecule has 5 nitrogen and oxygen atoms in total. The van der Waals surface area contributed by atoms with Crippen molar-refractivity contribution in [3.8, 4) is 6.07 Å². The number of sulfonamides is 1. The lowest BCUT2D eigenvalue weighted by atomic mass is 10.1. The van der Waals surface area contributed by atoms with Crippen LogP contribution in [0, 0.1) is 11.3 Å². The van der Waals surface area contributed by atoms with E-state index in [2.05, 4.69) is 0 Å². The molecule has 1 aliphatic heterocycles. The van der Waals surface area contributed by atoms with E-state index in [1.165, 1.54) is 12.1 Å². The second-order valence-electron chi connectivity index (χ2n) is 4.63. The van der Waals surface area contributed by atoms with Crippen molar-refractivity contribution in [1.29, 1.82) is 5.26 Å². The Morgan fingerprint density at radius 3 is 2.57 bits per heavy atom. The minimum Gasteiger partial charge on any atom is -0.268 e. The van der Waals surface area contributed by atoms with Gasteiger partial charge in [-0.15, -0.1) is 0 Å². The Balaban J connectivity index is 2.02. The fraction of sp³-hybridized carbons (Fsp3) is 0.0667. The predicted molar refractivity (Wildman–Crippen MR) is 74.7 cm³/mol. The van der Waals surface area contributed by atoms with Crippen LogP contribution in [0.25, 0.3) is 0 Å². The minimum absolute atomic E-state index is 0.0337. The molecule has 21 heavy (non-hydrogen) atoms. The lowest BCUT2D eigenvalue weighted by Crippen LogP contribution is -2.29. The summed E-state index contributed by atoms with van der Waals surface area (Å²) in [6.07, 6.45) is 0. The van der Waals surface area contributed by atoms with Crippen molar-refractivity contribution < 1.29 is 13.2 Å². The Bertz CT molecular complexity index is 882. The molecule has 0 N–H and O–H groups in total. The molecule has 6 heteroatoms. The van der Waals surface area contributed by atoms with Crippen molar-refractivity contribution in [3.05, 3.63) is 65.2 Å². The van der Waals surface area contributed by atoms with Crippen LogP contribution in [0.4, 0.5) is 0 Å². The van der Waals surface area contributed by atoms with Crippen molar-refractivity contribution in [3.63, 3.8) is 0 Å². The van der Waals surface area contributed by atoms with Gasteiger partial charge in [-0.1, -0.05) is 24.3 Å². The lowest BCUT2D eigenvalue weighted by Gasteiger charge is -2.15. The van der Waals surface area contributed by atoms with Crippen LogP contribution in [0.1, 0.15) is 21.5 Å². The van der Waals surface area contributed by atoms with Crippen LogP contribution in [0.15, 0.2) is 53.4 Å². The maximum atomic E-state index is 12.4. The number of carbonyl (C=O) groups is 1. The van der Waals surface area contributed by atoms with E-state index in [4.69, 9.17) is 5.26 Å². The van der Waals surface area contributed by atoms with E-state index in [0.717, 1.165) is 4.31 Å². The van der Waals surface area contributed by atoms with E-state index in [1.807, 2.05) is 6.07 Å². The number of amides is 1. The van der Waals surface area contributed by atoms with E-state index in [0.29, 0.717) is 11.1 Å². The van der Waals surface area contributed by atoms with Crippen LogP contribution in [-0.2, 0) is 16.6 Å². The summed E-state index contributed by atoms with van der Waals surface area (Å²) in [6, 6.07) is 14.7. The minimum atomic E-state index is -3.81. The van der Waals surface area contributed by atoms with Crippen LogP contribution in [0.3, 0.4) is 0 Å². The smallest absolute Gasteiger partial charge is 0.268 e. The van der Waals surface area contributed by atoms with E-state index >= 15 is 0 Å². The third-order valence-corrected chi connectivity index (χ3v) is 5.08. The molecule has 0 atom stereocenters. The molecule has 0 spiro atoms. The average Bonchev–Trinajstić information content (AvgIpc) is 2.69. The number of fused-ring (bicyclic) bond motifs is 1. The molecule has 0 aromatic heterocycles. The van der Waals surface area contributed by atoms with Gasteiger partial charge in [0.25, 0.3) is 15.9 Å². The molecule has 0 fully saturated rings. The Morgan fingerprint density at radius 1 is 1.10 bits per heavy atom. The first kappa shape index (κ1) is 13.3. The predicted octanol–water partition coefficient (Wildman–Crippen LogP) is 1.90. The molecule has 104 valence electrons. The maximum Gasteiger partial charge on any atom is 0.269 e. The Hall–Kier alpha value is -2.65. The largest absolute Gasteiger partial charge is 0.269 e. The van der Waals surface area contributed by atoms with Gasteiger partial charge in [0.2, 0.25) is 0 Å². The first-order chi connectivity index (χ1) is 10.0. The summed E-state index contributed by atoms with van der Waals surface area (Å²) in [6.45, 7) is -0.0780. The summed E-state index contributed by atoms with van der Waals surface area (Å²) in [5, 5.41) is 8.87. The molecule has 1 aliphatic rings. The maximum absolute atomic E-state index is 12.4. The number of hydrogen-bond donors (Lipinski definition) is 0. The van der Waals surface area contributed by atoms with E-state index < -0.39 is 15.9 Å². The molecule has 0 radical (unpaired) electrons. The highest BCUT2D eigenvalue weighted by Gasteiger charge is 2.40. The summed E-state index contributed by atoms with van der Waals surface area (Å²) in [4.78, 5) is 12.3. The Kier molecular flexibility index (Phi) is 3.00. The number of benzene rings is 2. The van der Waals surface area contributed by atoms with E-state index in [-0.39, 0.29) is 17.0 Å². The summed E-state index contributed by atoms with van der Waals surface area (Å²) >= 11 is 0. The van der Waals surface area contributed by atoms with Crippen molar-refractivity contribution in [1.82, 2.24) is 4.31 Å².